The van der Waals surface area contributed by atoms with Crippen LogP contribution in [-0.4, -0.2) is 31.2 Å². The summed E-state index contributed by atoms with van der Waals surface area (Å²) in [5.74, 6) is -0.499. The first-order valence-electron chi connectivity index (χ1n) is 3.32. The largest absolute Gasteiger partial charge is 0.477 e. The van der Waals surface area contributed by atoms with E-state index in [4.69, 9.17) is 5.11 Å². The maximum atomic E-state index is 10.5. The minimum Gasteiger partial charge on any atom is -0.477 e. The second-order valence-corrected chi connectivity index (χ2v) is 3.20. The van der Waals surface area contributed by atoms with Crippen LogP contribution < -0.4 is 0 Å². The molecule has 0 aliphatic carbocycles. The van der Waals surface area contributed by atoms with Crippen molar-refractivity contribution in [1.29, 1.82) is 0 Å². The van der Waals surface area contributed by atoms with Crippen molar-refractivity contribution < 1.29 is 9.90 Å². The second-order valence-electron chi connectivity index (χ2n) is 2.17. The lowest BCUT2D eigenvalue weighted by Crippen LogP contribution is -1.89. The van der Waals surface area contributed by atoms with Crippen LogP contribution in [0.15, 0.2) is 12.5 Å². The van der Waals surface area contributed by atoms with E-state index >= 15 is 0 Å². The number of rotatable bonds is 2. The van der Waals surface area contributed by atoms with Gasteiger partial charge in [0.2, 0.25) is 0 Å². The first kappa shape index (κ1) is 7.87. The molecule has 66 valence electrons. The van der Waals surface area contributed by atoms with Crippen molar-refractivity contribution in [3.8, 4) is 10.8 Å². The molecular formula is C6H4N4O2S. The lowest BCUT2D eigenvalue weighted by atomic mass is 10.6. The Balaban J connectivity index is 2.39. The highest BCUT2D eigenvalue weighted by Crippen LogP contribution is 2.20. The number of carbonyl (C=O) groups is 1. The molecule has 0 bridgehead atoms. The summed E-state index contributed by atoms with van der Waals surface area (Å²) in [5, 5.41) is 15.4. The molecule has 2 aromatic rings. The molecule has 2 aromatic heterocycles. The van der Waals surface area contributed by atoms with Gasteiger partial charge in [0.05, 0.1) is 6.20 Å². The second kappa shape index (κ2) is 2.94. The number of nitrogens with one attached hydrogen (secondary N) is 1. The molecule has 0 amide bonds. The Hall–Kier alpha value is -1.76. The fourth-order valence-electron chi connectivity index (χ4n) is 0.791. The highest BCUT2D eigenvalue weighted by Gasteiger charge is 2.11. The summed E-state index contributed by atoms with van der Waals surface area (Å²) in [6, 6.07) is 0. The van der Waals surface area contributed by atoms with Gasteiger partial charge in [0.1, 0.15) is 11.2 Å². The van der Waals surface area contributed by atoms with Crippen molar-refractivity contribution in [2.45, 2.75) is 0 Å². The summed E-state index contributed by atoms with van der Waals surface area (Å²) in [6.45, 7) is 0. The number of carboxylic acids is 1. The van der Waals surface area contributed by atoms with E-state index in [2.05, 4.69) is 20.2 Å². The summed E-state index contributed by atoms with van der Waals surface area (Å²) in [5.41, 5.74) is 0. The van der Waals surface area contributed by atoms with Crippen molar-refractivity contribution in [3.05, 3.63) is 17.4 Å². The SMILES string of the molecule is O=C(O)c1cnc(-c2ncn[nH]2)s1. The van der Waals surface area contributed by atoms with Gasteiger partial charge in [-0.05, 0) is 0 Å². The summed E-state index contributed by atoms with van der Waals surface area (Å²) < 4.78 is 0. The van der Waals surface area contributed by atoms with Crippen molar-refractivity contribution in [2.75, 3.05) is 0 Å². The summed E-state index contributed by atoms with van der Waals surface area (Å²) in [6.07, 6.45) is 2.64. The van der Waals surface area contributed by atoms with E-state index in [-0.39, 0.29) is 4.88 Å². The van der Waals surface area contributed by atoms with Gasteiger partial charge in [-0.1, -0.05) is 0 Å². The topological polar surface area (TPSA) is 91.8 Å². The molecule has 2 heterocycles. The lowest BCUT2D eigenvalue weighted by molar-refractivity contribution is 0.0702. The quantitative estimate of drug-likeness (QED) is 0.734. The van der Waals surface area contributed by atoms with Crippen LogP contribution in [0.4, 0.5) is 0 Å². The van der Waals surface area contributed by atoms with Gasteiger partial charge in [-0.2, -0.15) is 5.10 Å². The average Bonchev–Trinajstić information content (AvgIpc) is 2.75. The highest BCUT2D eigenvalue weighted by molar-refractivity contribution is 7.16. The molecule has 0 aromatic carbocycles. The first-order chi connectivity index (χ1) is 6.27. The Bertz CT molecular complexity index is 422. The van der Waals surface area contributed by atoms with E-state index in [0.717, 1.165) is 11.3 Å². The number of nitrogens with zero attached hydrogens (tertiary/aromatic N) is 3. The van der Waals surface area contributed by atoms with Gasteiger partial charge >= 0.3 is 5.97 Å². The molecule has 0 saturated carbocycles. The monoisotopic (exact) mass is 196 g/mol. The third-order valence-corrected chi connectivity index (χ3v) is 2.33. The van der Waals surface area contributed by atoms with E-state index in [1.54, 1.807) is 0 Å². The molecule has 0 fully saturated rings. The number of aromatic amines is 1. The Morgan fingerprint density at radius 2 is 2.38 bits per heavy atom. The van der Waals surface area contributed by atoms with Crippen molar-refractivity contribution in [1.82, 2.24) is 20.2 Å². The van der Waals surface area contributed by atoms with E-state index in [9.17, 15) is 4.79 Å². The number of carboxylic acid groups (broad SMARTS) is 1. The van der Waals surface area contributed by atoms with Gasteiger partial charge in [-0.25, -0.2) is 14.8 Å². The lowest BCUT2D eigenvalue weighted by Gasteiger charge is -1.83. The minimum atomic E-state index is -0.983. The van der Waals surface area contributed by atoms with Crippen LogP contribution in [0, 0.1) is 0 Å². The smallest absolute Gasteiger partial charge is 0.347 e. The fraction of sp³-hybridized carbons (Fsp3) is 0. The van der Waals surface area contributed by atoms with Crippen LogP contribution >= 0.6 is 11.3 Å². The Morgan fingerprint density at radius 3 is 2.92 bits per heavy atom. The molecule has 2 rings (SSSR count). The van der Waals surface area contributed by atoms with Crippen LogP contribution in [0.25, 0.3) is 10.8 Å². The molecular weight excluding hydrogens is 192 g/mol. The van der Waals surface area contributed by atoms with Gasteiger partial charge in [-0.15, -0.1) is 11.3 Å². The third kappa shape index (κ3) is 1.41. The van der Waals surface area contributed by atoms with E-state index in [1.165, 1.54) is 12.5 Å². The van der Waals surface area contributed by atoms with E-state index in [1.807, 2.05) is 0 Å². The van der Waals surface area contributed by atoms with E-state index in [0.29, 0.717) is 10.8 Å². The molecule has 13 heavy (non-hydrogen) atoms. The molecule has 0 aliphatic rings. The highest BCUT2D eigenvalue weighted by atomic mass is 32.1. The predicted molar refractivity (Wildman–Crippen MR) is 44.5 cm³/mol. The minimum absolute atomic E-state index is 0.186. The summed E-state index contributed by atoms with van der Waals surface area (Å²) in [7, 11) is 0. The van der Waals surface area contributed by atoms with Crippen molar-refractivity contribution in [3.63, 3.8) is 0 Å². The molecule has 0 saturated heterocycles. The fourth-order valence-corrected chi connectivity index (χ4v) is 1.49. The molecule has 2 N–H and O–H groups in total. The van der Waals surface area contributed by atoms with Crippen LogP contribution in [0.1, 0.15) is 9.67 Å². The zero-order valence-corrected chi connectivity index (χ0v) is 7.08. The van der Waals surface area contributed by atoms with Gasteiger partial charge in [0.15, 0.2) is 10.8 Å². The summed E-state index contributed by atoms with van der Waals surface area (Å²) in [4.78, 5) is 18.4. The normalized spacial score (nSPS) is 10.2. The molecule has 0 aliphatic heterocycles. The van der Waals surface area contributed by atoms with Gasteiger partial charge in [0, 0.05) is 0 Å². The number of hydrogen-bond acceptors (Lipinski definition) is 5. The number of thiazole rings is 1. The van der Waals surface area contributed by atoms with Crippen molar-refractivity contribution >= 4 is 17.3 Å². The Labute approximate surface area is 76.3 Å². The molecule has 6 nitrogen and oxygen atoms in total. The number of hydrogen-bond donors (Lipinski definition) is 2. The standard InChI is InChI=1S/C6H4N4O2S/c11-6(12)3-1-7-5(13-3)4-8-2-9-10-4/h1-2H,(H,11,12)(H,8,9,10). The zero-order valence-electron chi connectivity index (χ0n) is 6.26. The maximum absolute atomic E-state index is 10.5. The molecule has 0 unspecified atom stereocenters. The van der Waals surface area contributed by atoms with Gasteiger partial charge in [0.25, 0.3) is 0 Å². The van der Waals surface area contributed by atoms with Gasteiger partial charge < -0.3 is 5.11 Å². The molecule has 0 radical (unpaired) electrons. The molecule has 7 heteroatoms. The summed E-state index contributed by atoms with van der Waals surface area (Å²) >= 11 is 1.05. The third-order valence-electron chi connectivity index (χ3n) is 1.33. The van der Waals surface area contributed by atoms with Gasteiger partial charge in [-0.3, -0.25) is 5.10 Å². The molecule has 0 atom stereocenters. The number of aromatic carboxylic acids is 1. The van der Waals surface area contributed by atoms with Crippen LogP contribution in [0.2, 0.25) is 0 Å². The van der Waals surface area contributed by atoms with E-state index < -0.39 is 5.97 Å². The van der Waals surface area contributed by atoms with Crippen LogP contribution in [0.3, 0.4) is 0 Å². The average molecular weight is 196 g/mol. The van der Waals surface area contributed by atoms with Crippen LogP contribution in [0.5, 0.6) is 0 Å². The Kier molecular flexibility index (Phi) is 1.78. The predicted octanol–water partition coefficient (Wildman–Crippen LogP) is 0.626. The van der Waals surface area contributed by atoms with Crippen LogP contribution in [-0.2, 0) is 0 Å². The first-order valence-corrected chi connectivity index (χ1v) is 4.14. The zero-order chi connectivity index (χ0) is 9.26. The van der Waals surface area contributed by atoms with Crippen molar-refractivity contribution in [2.24, 2.45) is 0 Å². The number of aromatic nitrogens is 4. The Morgan fingerprint density at radius 1 is 1.54 bits per heavy atom. The molecule has 0 spiro atoms. The number of H-pyrrole nitrogens is 1. The maximum Gasteiger partial charge on any atom is 0.347 e.